The van der Waals surface area contributed by atoms with Gasteiger partial charge in [0, 0.05) is 16.4 Å². The lowest BCUT2D eigenvalue weighted by molar-refractivity contribution is 0.0611. The lowest BCUT2D eigenvalue weighted by Gasteiger charge is -2.34. The molecule has 0 aromatic carbocycles. The number of likely N-dealkylation sites (tertiary alicyclic amines) is 1. The molecule has 1 atom stereocenters. The van der Waals surface area contributed by atoms with Gasteiger partial charge in [0.05, 0.1) is 16.6 Å². The summed E-state index contributed by atoms with van der Waals surface area (Å²) in [6.07, 6.45) is 2.86. The van der Waals surface area contributed by atoms with Crippen LogP contribution in [0.15, 0.2) is 22.0 Å². The summed E-state index contributed by atoms with van der Waals surface area (Å²) in [5.41, 5.74) is 6.20. The zero-order chi connectivity index (χ0) is 15.7. The number of amides is 2. The molecule has 8 heteroatoms. The maximum Gasteiger partial charge on any atom is 0.269 e. The highest BCUT2D eigenvalue weighted by atomic mass is 79.9. The Bertz CT molecular complexity index is 711. The Morgan fingerprint density at radius 2 is 2.23 bits per heavy atom. The standard InChI is InChI=1S/C14H15BrN4O2S/c15-8-5-12(22-7-8)14(21)19-4-2-1-3-11(19)9-6-10(13(16)20)18-17-9/h5-7,11H,1-4H2,(H2,16,20)(H,17,18)/t11-/m0/s1. The molecule has 0 unspecified atom stereocenters. The van der Waals surface area contributed by atoms with Crippen LogP contribution in [0.4, 0.5) is 0 Å². The Labute approximate surface area is 139 Å². The fraction of sp³-hybridized carbons (Fsp3) is 0.357. The van der Waals surface area contributed by atoms with Crippen LogP contribution in [-0.4, -0.2) is 33.5 Å². The van der Waals surface area contributed by atoms with Crippen molar-refractivity contribution >= 4 is 39.1 Å². The number of hydrogen-bond donors (Lipinski definition) is 2. The normalized spacial score (nSPS) is 18.4. The number of carbonyl (C=O) groups excluding carboxylic acids is 2. The van der Waals surface area contributed by atoms with Crippen LogP contribution in [0, 0.1) is 0 Å². The van der Waals surface area contributed by atoms with Crippen molar-refractivity contribution < 1.29 is 9.59 Å². The molecular weight excluding hydrogens is 368 g/mol. The smallest absolute Gasteiger partial charge is 0.269 e. The number of halogens is 1. The molecule has 2 aromatic heterocycles. The molecule has 6 nitrogen and oxygen atoms in total. The van der Waals surface area contributed by atoms with E-state index in [1.54, 1.807) is 6.07 Å². The molecule has 3 rings (SSSR count). The summed E-state index contributed by atoms with van der Waals surface area (Å²) >= 11 is 4.80. The molecule has 0 aliphatic carbocycles. The third-order valence-electron chi connectivity index (χ3n) is 3.75. The van der Waals surface area contributed by atoms with Crippen LogP contribution < -0.4 is 5.73 Å². The monoisotopic (exact) mass is 382 g/mol. The van der Waals surface area contributed by atoms with Crippen molar-refractivity contribution in [3.05, 3.63) is 38.3 Å². The van der Waals surface area contributed by atoms with Crippen LogP contribution in [0.25, 0.3) is 0 Å². The predicted octanol–water partition coefficient (Wildman–Crippen LogP) is 2.70. The van der Waals surface area contributed by atoms with Crippen molar-refractivity contribution in [1.29, 1.82) is 0 Å². The highest BCUT2D eigenvalue weighted by Gasteiger charge is 2.31. The number of hydrogen-bond acceptors (Lipinski definition) is 4. The minimum Gasteiger partial charge on any atom is -0.364 e. The number of primary amides is 1. The van der Waals surface area contributed by atoms with Crippen molar-refractivity contribution in [3.63, 3.8) is 0 Å². The zero-order valence-electron chi connectivity index (χ0n) is 11.7. The average Bonchev–Trinajstić information content (AvgIpc) is 3.15. The Hall–Kier alpha value is -1.67. The van der Waals surface area contributed by atoms with Crippen LogP contribution >= 0.6 is 27.3 Å². The maximum atomic E-state index is 12.7. The highest BCUT2D eigenvalue weighted by Crippen LogP contribution is 2.32. The molecular formula is C14H15BrN4O2S. The minimum absolute atomic E-state index is 0.00984. The SMILES string of the molecule is NC(=O)c1cc([C@@H]2CCCCN2C(=O)c2cc(Br)cs2)[nH]n1. The molecule has 22 heavy (non-hydrogen) atoms. The number of nitrogens with zero attached hydrogens (tertiary/aromatic N) is 2. The van der Waals surface area contributed by atoms with Crippen molar-refractivity contribution in [1.82, 2.24) is 15.1 Å². The van der Waals surface area contributed by atoms with E-state index in [1.165, 1.54) is 11.3 Å². The predicted molar refractivity (Wildman–Crippen MR) is 86.8 cm³/mol. The number of H-pyrrole nitrogens is 1. The van der Waals surface area contributed by atoms with E-state index < -0.39 is 5.91 Å². The molecule has 0 spiro atoms. The molecule has 3 N–H and O–H groups in total. The molecule has 2 amide bonds. The number of nitrogens with two attached hydrogens (primary N) is 1. The number of thiophene rings is 1. The van der Waals surface area contributed by atoms with Crippen molar-refractivity contribution in [2.75, 3.05) is 6.54 Å². The largest absolute Gasteiger partial charge is 0.364 e. The van der Waals surface area contributed by atoms with Gasteiger partial charge in [0.15, 0.2) is 0 Å². The van der Waals surface area contributed by atoms with E-state index in [9.17, 15) is 9.59 Å². The summed E-state index contributed by atoms with van der Waals surface area (Å²) in [4.78, 5) is 26.5. The van der Waals surface area contributed by atoms with Gasteiger partial charge in [-0.2, -0.15) is 5.10 Å². The van der Waals surface area contributed by atoms with Gasteiger partial charge in [-0.15, -0.1) is 11.3 Å². The summed E-state index contributed by atoms with van der Waals surface area (Å²) in [7, 11) is 0. The zero-order valence-corrected chi connectivity index (χ0v) is 14.1. The Morgan fingerprint density at radius 1 is 1.41 bits per heavy atom. The molecule has 1 fully saturated rings. The maximum absolute atomic E-state index is 12.7. The number of nitrogens with one attached hydrogen (secondary N) is 1. The number of piperidine rings is 1. The summed E-state index contributed by atoms with van der Waals surface area (Å²) in [6, 6.07) is 3.38. The van der Waals surface area contributed by atoms with Crippen LogP contribution in [0.3, 0.4) is 0 Å². The Kier molecular flexibility index (Phi) is 4.30. The van der Waals surface area contributed by atoms with Crippen molar-refractivity contribution in [3.8, 4) is 0 Å². The summed E-state index contributed by atoms with van der Waals surface area (Å²) in [5, 5.41) is 8.66. The van der Waals surface area contributed by atoms with E-state index in [4.69, 9.17) is 5.73 Å². The van der Waals surface area contributed by atoms with Gasteiger partial charge in [-0.25, -0.2) is 0 Å². The van der Waals surface area contributed by atoms with Gasteiger partial charge in [-0.1, -0.05) is 0 Å². The number of rotatable bonds is 3. The number of aromatic amines is 1. The lowest BCUT2D eigenvalue weighted by atomic mass is 9.99. The lowest BCUT2D eigenvalue weighted by Crippen LogP contribution is -2.38. The van der Waals surface area contributed by atoms with Crippen molar-refractivity contribution in [2.24, 2.45) is 5.73 Å². The van der Waals surface area contributed by atoms with E-state index in [2.05, 4.69) is 26.1 Å². The van der Waals surface area contributed by atoms with Crippen LogP contribution in [0.2, 0.25) is 0 Å². The summed E-state index contributed by atoms with van der Waals surface area (Å²) in [5.74, 6) is -0.561. The van der Waals surface area contributed by atoms with Gasteiger partial charge < -0.3 is 10.6 Å². The first-order valence-electron chi connectivity index (χ1n) is 6.96. The summed E-state index contributed by atoms with van der Waals surface area (Å²) < 4.78 is 0.909. The average molecular weight is 383 g/mol. The van der Waals surface area contributed by atoms with E-state index >= 15 is 0 Å². The first kappa shape index (κ1) is 15.2. The molecule has 1 aliphatic rings. The van der Waals surface area contributed by atoms with Gasteiger partial charge in [-0.3, -0.25) is 14.7 Å². The number of aromatic nitrogens is 2. The van der Waals surface area contributed by atoms with Crippen LogP contribution in [-0.2, 0) is 0 Å². The van der Waals surface area contributed by atoms with Crippen LogP contribution in [0.1, 0.15) is 51.2 Å². The Morgan fingerprint density at radius 3 is 2.86 bits per heavy atom. The van der Waals surface area contributed by atoms with Gasteiger partial charge in [0.25, 0.3) is 11.8 Å². The quantitative estimate of drug-likeness (QED) is 0.854. The first-order valence-corrected chi connectivity index (χ1v) is 8.63. The minimum atomic E-state index is -0.571. The third kappa shape index (κ3) is 2.93. The number of carbonyl (C=O) groups is 2. The van der Waals surface area contributed by atoms with Gasteiger partial charge in [0.1, 0.15) is 5.69 Å². The second-order valence-electron chi connectivity index (χ2n) is 5.21. The van der Waals surface area contributed by atoms with E-state index in [-0.39, 0.29) is 17.6 Å². The Balaban J connectivity index is 1.87. The van der Waals surface area contributed by atoms with Gasteiger partial charge in [0.2, 0.25) is 0 Å². The second-order valence-corrected chi connectivity index (χ2v) is 7.04. The van der Waals surface area contributed by atoms with Gasteiger partial charge in [-0.05, 0) is 47.3 Å². The molecule has 116 valence electrons. The molecule has 0 bridgehead atoms. The molecule has 2 aromatic rings. The first-order chi connectivity index (χ1) is 10.6. The fourth-order valence-electron chi connectivity index (χ4n) is 2.70. The molecule has 0 radical (unpaired) electrons. The molecule has 3 heterocycles. The summed E-state index contributed by atoms with van der Waals surface area (Å²) in [6.45, 7) is 0.698. The van der Waals surface area contributed by atoms with Crippen LogP contribution in [0.5, 0.6) is 0 Å². The van der Waals surface area contributed by atoms with E-state index in [1.807, 2.05) is 16.3 Å². The fourth-order valence-corrected chi connectivity index (χ4v) is 4.08. The topological polar surface area (TPSA) is 92.1 Å². The van der Waals surface area contributed by atoms with Crippen molar-refractivity contribution in [2.45, 2.75) is 25.3 Å². The molecule has 1 aliphatic heterocycles. The second kappa shape index (κ2) is 6.21. The van der Waals surface area contributed by atoms with E-state index in [0.29, 0.717) is 11.4 Å². The molecule has 0 saturated carbocycles. The third-order valence-corrected chi connectivity index (χ3v) is 5.43. The highest BCUT2D eigenvalue weighted by molar-refractivity contribution is 9.10. The van der Waals surface area contributed by atoms with E-state index in [0.717, 1.165) is 29.4 Å². The van der Waals surface area contributed by atoms with Gasteiger partial charge >= 0.3 is 0 Å². The molecule has 1 saturated heterocycles.